The first kappa shape index (κ1) is 19.4. The molecule has 7 heteroatoms. The number of ether oxygens (including phenoxy) is 1. The van der Waals surface area contributed by atoms with Gasteiger partial charge in [-0.1, -0.05) is 18.8 Å². The topological polar surface area (TPSA) is 53.2 Å². The van der Waals surface area contributed by atoms with Crippen LogP contribution >= 0.6 is 24.4 Å². The number of hydrogen-bond donors (Lipinski definition) is 0. The molecule has 126 valence electrons. The highest BCUT2D eigenvalue weighted by atomic mass is 32.1. The second-order valence-electron chi connectivity index (χ2n) is 5.18. The van der Waals surface area contributed by atoms with Gasteiger partial charge in [0.25, 0.3) is 0 Å². The third kappa shape index (κ3) is 5.84. The molecule has 1 heterocycles. The van der Waals surface area contributed by atoms with Crippen molar-refractivity contribution in [2.45, 2.75) is 46.1 Å². The molecular weight excluding hydrogens is 332 g/mol. The van der Waals surface area contributed by atoms with E-state index in [1.165, 1.54) is 4.57 Å². The molecule has 0 aliphatic carbocycles. The van der Waals surface area contributed by atoms with Crippen LogP contribution < -0.4 is 0 Å². The summed E-state index contributed by atoms with van der Waals surface area (Å²) < 4.78 is 9.08. The first-order valence-corrected chi connectivity index (χ1v) is 8.38. The van der Waals surface area contributed by atoms with Gasteiger partial charge in [-0.3, -0.25) is 4.79 Å². The Morgan fingerprint density at radius 2 is 1.96 bits per heavy atom. The maximum absolute atomic E-state index is 12.3. The molecule has 0 aromatic carbocycles. The Bertz CT molecular complexity index is 704. The molecule has 1 aromatic rings. The van der Waals surface area contributed by atoms with Crippen LogP contribution in [0, 0.1) is 9.41 Å². The minimum atomic E-state index is -0.378. The lowest BCUT2D eigenvalue weighted by molar-refractivity contribution is -0.139. The summed E-state index contributed by atoms with van der Waals surface area (Å²) in [7, 11) is 0. The van der Waals surface area contributed by atoms with Crippen LogP contribution in [0.1, 0.15) is 44.3 Å². The minimum absolute atomic E-state index is 0.0956. The van der Waals surface area contributed by atoms with Gasteiger partial charge in [-0.2, -0.15) is 0 Å². The second-order valence-corrected chi connectivity index (χ2v) is 5.96. The molecule has 0 spiro atoms. The summed E-state index contributed by atoms with van der Waals surface area (Å²) in [6, 6.07) is 1.71. The summed E-state index contributed by atoms with van der Waals surface area (Å²) in [6.07, 6.45) is 4.35. The van der Waals surface area contributed by atoms with Crippen molar-refractivity contribution in [3.05, 3.63) is 33.8 Å². The Morgan fingerprint density at radius 3 is 2.57 bits per heavy atom. The van der Waals surface area contributed by atoms with Gasteiger partial charge < -0.3 is 9.30 Å². The molecular formula is C16H22N2O3S2. The van der Waals surface area contributed by atoms with Crippen molar-refractivity contribution in [2.24, 2.45) is 0 Å². The first-order chi connectivity index (χ1) is 10.9. The van der Waals surface area contributed by atoms with Gasteiger partial charge in [-0.15, -0.1) is 0 Å². The smallest absolute Gasteiger partial charge is 0.333 e. The summed E-state index contributed by atoms with van der Waals surface area (Å²) in [5.41, 5.74) is 0.390. The number of unbranched alkanes of at least 4 members (excludes halogenated alkanes) is 2. The van der Waals surface area contributed by atoms with E-state index in [1.54, 1.807) is 23.8 Å². The molecule has 0 N–H and O–H groups in total. The van der Waals surface area contributed by atoms with Gasteiger partial charge in [0, 0.05) is 24.7 Å². The van der Waals surface area contributed by atoms with Crippen molar-refractivity contribution in [1.29, 1.82) is 0 Å². The zero-order valence-corrected chi connectivity index (χ0v) is 15.2. The monoisotopic (exact) mass is 354 g/mol. The maximum atomic E-state index is 12.3. The average Bonchev–Trinajstić information content (AvgIpc) is 2.50. The molecule has 23 heavy (non-hydrogen) atoms. The Labute approximate surface area is 146 Å². The molecule has 1 rings (SSSR count). The number of hydrogen-bond acceptors (Lipinski definition) is 5. The van der Waals surface area contributed by atoms with E-state index in [4.69, 9.17) is 29.2 Å². The van der Waals surface area contributed by atoms with Gasteiger partial charge in [0.1, 0.15) is 4.64 Å². The number of esters is 1. The summed E-state index contributed by atoms with van der Waals surface area (Å²) in [4.78, 5) is 23.5. The highest BCUT2D eigenvalue weighted by Gasteiger charge is 2.09. The Hall–Kier alpha value is -1.60. The van der Waals surface area contributed by atoms with E-state index in [0.717, 1.165) is 6.42 Å². The predicted octanol–water partition coefficient (Wildman–Crippen LogP) is 4.09. The van der Waals surface area contributed by atoms with E-state index in [9.17, 15) is 9.59 Å². The number of aromatic nitrogens is 2. The van der Waals surface area contributed by atoms with E-state index >= 15 is 0 Å². The minimum Gasteiger partial charge on any atom is -0.462 e. The third-order valence-electron chi connectivity index (χ3n) is 3.26. The summed E-state index contributed by atoms with van der Waals surface area (Å²) >= 11 is 10.5. The van der Waals surface area contributed by atoms with Crippen molar-refractivity contribution >= 4 is 36.3 Å². The fraction of sp³-hybridized carbons (Fsp3) is 0.500. The van der Waals surface area contributed by atoms with Gasteiger partial charge in [-0.25, -0.2) is 9.36 Å². The summed E-state index contributed by atoms with van der Waals surface area (Å²) in [6.45, 7) is 8.11. The number of nitrogens with zero attached hydrogens (tertiary/aromatic N) is 2. The predicted molar refractivity (Wildman–Crippen MR) is 94.6 cm³/mol. The molecule has 0 bridgehead atoms. The van der Waals surface area contributed by atoms with Crippen LogP contribution in [0.5, 0.6) is 0 Å². The van der Waals surface area contributed by atoms with Crippen LogP contribution in [0.15, 0.2) is 24.4 Å². The van der Waals surface area contributed by atoms with E-state index < -0.39 is 0 Å². The van der Waals surface area contributed by atoms with Crippen LogP contribution in [0.3, 0.4) is 0 Å². The highest BCUT2D eigenvalue weighted by molar-refractivity contribution is 7.72. The third-order valence-corrected chi connectivity index (χ3v) is 4.00. The molecule has 0 saturated heterocycles. The molecule has 0 fully saturated rings. The van der Waals surface area contributed by atoms with Crippen LogP contribution in [0.4, 0.5) is 0 Å². The van der Waals surface area contributed by atoms with Crippen molar-refractivity contribution < 1.29 is 14.3 Å². The van der Waals surface area contributed by atoms with Crippen molar-refractivity contribution in [2.75, 3.05) is 6.61 Å². The average molecular weight is 354 g/mol. The Kier molecular flexibility index (Phi) is 8.05. The van der Waals surface area contributed by atoms with E-state index in [2.05, 4.69) is 6.58 Å². The second kappa shape index (κ2) is 9.52. The molecule has 0 atom stereocenters. The van der Waals surface area contributed by atoms with E-state index in [1.807, 2.05) is 6.92 Å². The lowest BCUT2D eigenvalue weighted by atomic mass is 10.2. The van der Waals surface area contributed by atoms with E-state index in [0.29, 0.717) is 47.4 Å². The molecule has 0 aliphatic rings. The molecule has 0 aliphatic heterocycles. The van der Waals surface area contributed by atoms with Gasteiger partial charge in [0.05, 0.1) is 6.61 Å². The Morgan fingerprint density at radius 1 is 1.26 bits per heavy atom. The molecule has 0 radical (unpaired) electrons. The van der Waals surface area contributed by atoms with Crippen molar-refractivity contribution in [3.63, 3.8) is 0 Å². The first-order valence-electron chi connectivity index (χ1n) is 7.56. The lowest BCUT2D eigenvalue weighted by Gasteiger charge is -2.10. The quantitative estimate of drug-likeness (QED) is 0.305. The fourth-order valence-electron chi connectivity index (χ4n) is 1.94. The summed E-state index contributed by atoms with van der Waals surface area (Å²) in [5, 5.41) is 0. The normalized spacial score (nSPS) is 10.3. The van der Waals surface area contributed by atoms with Gasteiger partial charge in [0.2, 0.25) is 5.91 Å². The zero-order chi connectivity index (χ0) is 17.4. The lowest BCUT2D eigenvalue weighted by Crippen LogP contribution is -2.17. The maximum Gasteiger partial charge on any atom is 0.333 e. The SMILES string of the molecule is C=C(C)C(=O)OCCCCCC(=O)n1c(=S)ccn(CC)c1=S. The van der Waals surface area contributed by atoms with Crippen LogP contribution in [-0.2, 0) is 16.1 Å². The van der Waals surface area contributed by atoms with Gasteiger partial charge in [-0.05, 0) is 51.4 Å². The fourth-order valence-corrected chi connectivity index (χ4v) is 2.64. The molecule has 0 saturated carbocycles. The molecule has 0 unspecified atom stereocenters. The van der Waals surface area contributed by atoms with Crippen molar-refractivity contribution in [3.8, 4) is 0 Å². The van der Waals surface area contributed by atoms with Crippen LogP contribution in [0.2, 0.25) is 0 Å². The number of aryl methyl sites for hydroxylation is 1. The molecule has 1 aromatic heterocycles. The molecule has 5 nitrogen and oxygen atoms in total. The van der Waals surface area contributed by atoms with Crippen molar-refractivity contribution in [1.82, 2.24) is 9.13 Å². The van der Waals surface area contributed by atoms with Gasteiger partial charge >= 0.3 is 5.97 Å². The number of carbonyl (C=O) groups excluding carboxylic acids is 2. The van der Waals surface area contributed by atoms with Crippen LogP contribution in [0.25, 0.3) is 0 Å². The Balaban J connectivity index is 2.47. The molecule has 0 amide bonds. The van der Waals surface area contributed by atoms with E-state index in [-0.39, 0.29) is 11.9 Å². The van der Waals surface area contributed by atoms with Gasteiger partial charge in [0.15, 0.2) is 4.77 Å². The number of carbonyl (C=O) groups is 2. The largest absolute Gasteiger partial charge is 0.462 e. The standard InChI is InChI=1S/C16H22N2O3S2/c1-4-17-10-9-14(22)18(16(17)23)13(19)8-6-5-7-11-21-15(20)12(2)3/h9-10H,2,4-8,11H2,1,3H3. The van der Waals surface area contributed by atoms with Crippen LogP contribution in [-0.4, -0.2) is 27.6 Å². The number of rotatable bonds is 8. The highest BCUT2D eigenvalue weighted by Crippen LogP contribution is 2.06. The summed E-state index contributed by atoms with van der Waals surface area (Å²) in [5.74, 6) is -0.474. The zero-order valence-electron chi connectivity index (χ0n) is 13.5.